The summed E-state index contributed by atoms with van der Waals surface area (Å²) in [6.07, 6.45) is 0.273. The number of para-hydroxylation sites is 1. The number of benzene rings is 2. The van der Waals surface area contributed by atoms with Crippen LogP contribution in [-0.2, 0) is 9.59 Å². The summed E-state index contributed by atoms with van der Waals surface area (Å²) in [5.41, 5.74) is 4.05. The maximum Gasteiger partial charge on any atom is 0.232 e. The number of amides is 2. The standard InChI is InChI=1S/C21H24N2O2/c1-4-22(18-10-6-5-7-11-18)21(25)17-13-20(24)23(14-17)19-12-8-9-15(2)16(19)3/h5-12,17H,4,13-14H2,1-3H3. The van der Waals surface area contributed by atoms with Crippen molar-refractivity contribution >= 4 is 23.2 Å². The van der Waals surface area contributed by atoms with Crippen molar-refractivity contribution in [3.05, 3.63) is 59.7 Å². The SMILES string of the molecule is CCN(C(=O)C1CC(=O)N(c2cccc(C)c2C)C1)c1ccccc1. The molecule has 4 heteroatoms. The van der Waals surface area contributed by atoms with Gasteiger partial charge in [0, 0.05) is 30.9 Å². The minimum atomic E-state index is -0.299. The van der Waals surface area contributed by atoms with Crippen molar-refractivity contribution in [2.45, 2.75) is 27.2 Å². The van der Waals surface area contributed by atoms with Gasteiger partial charge < -0.3 is 9.80 Å². The first-order chi connectivity index (χ1) is 12.0. The van der Waals surface area contributed by atoms with E-state index in [-0.39, 0.29) is 24.2 Å². The second-order valence-corrected chi connectivity index (χ2v) is 6.54. The summed E-state index contributed by atoms with van der Waals surface area (Å²) in [4.78, 5) is 29.1. The van der Waals surface area contributed by atoms with Gasteiger partial charge in [0.25, 0.3) is 0 Å². The zero-order valence-corrected chi connectivity index (χ0v) is 15.0. The Morgan fingerprint density at radius 3 is 2.52 bits per heavy atom. The van der Waals surface area contributed by atoms with E-state index in [2.05, 4.69) is 0 Å². The Hall–Kier alpha value is -2.62. The lowest BCUT2D eigenvalue weighted by molar-refractivity contribution is -0.124. The molecule has 3 rings (SSSR count). The highest BCUT2D eigenvalue weighted by atomic mass is 16.2. The van der Waals surface area contributed by atoms with Crippen molar-refractivity contribution in [1.29, 1.82) is 0 Å². The van der Waals surface area contributed by atoms with Gasteiger partial charge in [-0.05, 0) is 50.1 Å². The molecule has 1 aliphatic rings. The Labute approximate surface area is 149 Å². The summed E-state index contributed by atoms with van der Waals surface area (Å²) in [6.45, 7) is 7.07. The van der Waals surface area contributed by atoms with Crippen LogP contribution in [0.15, 0.2) is 48.5 Å². The molecule has 2 amide bonds. The highest BCUT2D eigenvalue weighted by Gasteiger charge is 2.37. The van der Waals surface area contributed by atoms with E-state index in [1.807, 2.05) is 69.3 Å². The topological polar surface area (TPSA) is 40.6 Å². The van der Waals surface area contributed by atoms with Crippen LogP contribution in [0.4, 0.5) is 11.4 Å². The largest absolute Gasteiger partial charge is 0.312 e. The minimum Gasteiger partial charge on any atom is -0.312 e. The van der Waals surface area contributed by atoms with Crippen molar-refractivity contribution in [3.8, 4) is 0 Å². The molecule has 130 valence electrons. The van der Waals surface area contributed by atoms with Crippen LogP contribution in [0.1, 0.15) is 24.5 Å². The summed E-state index contributed by atoms with van der Waals surface area (Å²) in [5.74, 6) is -0.251. The number of rotatable bonds is 4. The van der Waals surface area contributed by atoms with Gasteiger partial charge in [-0.1, -0.05) is 30.3 Å². The molecule has 2 aromatic rings. The third kappa shape index (κ3) is 3.29. The normalized spacial score (nSPS) is 17.0. The average molecular weight is 336 g/mol. The van der Waals surface area contributed by atoms with Crippen LogP contribution in [0.25, 0.3) is 0 Å². The predicted octanol–water partition coefficient (Wildman–Crippen LogP) is 3.71. The fourth-order valence-corrected chi connectivity index (χ4v) is 3.43. The third-order valence-electron chi connectivity index (χ3n) is 4.99. The van der Waals surface area contributed by atoms with Gasteiger partial charge in [-0.15, -0.1) is 0 Å². The van der Waals surface area contributed by atoms with Gasteiger partial charge in [-0.3, -0.25) is 9.59 Å². The highest BCUT2D eigenvalue weighted by Crippen LogP contribution is 2.31. The van der Waals surface area contributed by atoms with E-state index in [9.17, 15) is 9.59 Å². The van der Waals surface area contributed by atoms with Crippen LogP contribution in [0.5, 0.6) is 0 Å². The quantitative estimate of drug-likeness (QED) is 0.854. The molecule has 1 unspecified atom stereocenters. The van der Waals surface area contributed by atoms with Gasteiger partial charge >= 0.3 is 0 Å². The zero-order chi connectivity index (χ0) is 18.0. The molecule has 2 aromatic carbocycles. The fourth-order valence-electron chi connectivity index (χ4n) is 3.43. The van der Waals surface area contributed by atoms with Crippen molar-refractivity contribution < 1.29 is 9.59 Å². The first-order valence-electron chi connectivity index (χ1n) is 8.76. The highest BCUT2D eigenvalue weighted by molar-refractivity contribution is 6.04. The Balaban J connectivity index is 1.82. The molecule has 0 spiro atoms. The summed E-state index contributed by atoms with van der Waals surface area (Å²) in [5, 5.41) is 0. The molecule has 1 aliphatic heterocycles. The van der Waals surface area contributed by atoms with Crippen molar-refractivity contribution in [2.24, 2.45) is 5.92 Å². The lowest BCUT2D eigenvalue weighted by atomic mass is 10.1. The van der Waals surface area contributed by atoms with Crippen LogP contribution in [0, 0.1) is 19.8 Å². The van der Waals surface area contributed by atoms with E-state index in [0.29, 0.717) is 13.1 Å². The maximum atomic E-state index is 13.0. The monoisotopic (exact) mass is 336 g/mol. The van der Waals surface area contributed by atoms with E-state index < -0.39 is 0 Å². The number of aryl methyl sites for hydroxylation is 1. The summed E-state index contributed by atoms with van der Waals surface area (Å²) < 4.78 is 0. The Bertz CT molecular complexity index is 786. The van der Waals surface area contributed by atoms with Crippen LogP contribution < -0.4 is 9.80 Å². The Morgan fingerprint density at radius 1 is 1.12 bits per heavy atom. The molecule has 0 bridgehead atoms. The zero-order valence-electron chi connectivity index (χ0n) is 15.0. The second-order valence-electron chi connectivity index (χ2n) is 6.54. The van der Waals surface area contributed by atoms with Gasteiger partial charge in [0.05, 0.1) is 5.92 Å². The van der Waals surface area contributed by atoms with Gasteiger partial charge in [0.1, 0.15) is 0 Å². The molecular weight excluding hydrogens is 312 g/mol. The summed E-state index contributed by atoms with van der Waals surface area (Å²) >= 11 is 0. The molecular formula is C21H24N2O2. The summed E-state index contributed by atoms with van der Waals surface area (Å²) in [6, 6.07) is 15.6. The lowest BCUT2D eigenvalue weighted by Gasteiger charge is -2.25. The first kappa shape index (κ1) is 17.2. The first-order valence-corrected chi connectivity index (χ1v) is 8.76. The third-order valence-corrected chi connectivity index (χ3v) is 4.99. The molecule has 0 aliphatic carbocycles. The van der Waals surface area contributed by atoms with Crippen molar-refractivity contribution in [1.82, 2.24) is 0 Å². The van der Waals surface area contributed by atoms with Crippen LogP contribution in [-0.4, -0.2) is 24.9 Å². The minimum absolute atomic E-state index is 0.0230. The fraction of sp³-hybridized carbons (Fsp3) is 0.333. The Morgan fingerprint density at radius 2 is 1.84 bits per heavy atom. The number of hydrogen-bond acceptors (Lipinski definition) is 2. The van der Waals surface area contributed by atoms with Crippen LogP contribution in [0.3, 0.4) is 0 Å². The molecule has 0 N–H and O–H groups in total. The molecule has 0 saturated carbocycles. The molecule has 1 heterocycles. The van der Waals surface area contributed by atoms with E-state index in [4.69, 9.17) is 0 Å². The summed E-state index contributed by atoms with van der Waals surface area (Å²) in [7, 11) is 0. The maximum absolute atomic E-state index is 13.0. The molecule has 1 fully saturated rings. The molecule has 1 saturated heterocycles. The van der Waals surface area contributed by atoms with E-state index >= 15 is 0 Å². The van der Waals surface area contributed by atoms with Crippen molar-refractivity contribution in [3.63, 3.8) is 0 Å². The van der Waals surface area contributed by atoms with Gasteiger partial charge in [-0.25, -0.2) is 0 Å². The average Bonchev–Trinajstić information content (AvgIpc) is 3.00. The molecule has 4 nitrogen and oxygen atoms in total. The molecule has 0 aromatic heterocycles. The van der Waals surface area contributed by atoms with Crippen LogP contribution >= 0.6 is 0 Å². The second kappa shape index (κ2) is 7.09. The van der Waals surface area contributed by atoms with E-state index in [1.54, 1.807) is 9.80 Å². The number of hydrogen-bond donors (Lipinski definition) is 0. The van der Waals surface area contributed by atoms with E-state index in [0.717, 1.165) is 22.5 Å². The lowest BCUT2D eigenvalue weighted by Crippen LogP contribution is -2.37. The number of anilines is 2. The predicted molar refractivity (Wildman–Crippen MR) is 101 cm³/mol. The smallest absolute Gasteiger partial charge is 0.232 e. The van der Waals surface area contributed by atoms with Gasteiger partial charge in [0.2, 0.25) is 11.8 Å². The van der Waals surface area contributed by atoms with Crippen LogP contribution in [0.2, 0.25) is 0 Å². The molecule has 1 atom stereocenters. The molecule has 0 radical (unpaired) electrons. The van der Waals surface area contributed by atoms with Gasteiger partial charge in [0.15, 0.2) is 0 Å². The van der Waals surface area contributed by atoms with E-state index in [1.165, 1.54) is 0 Å². The molecule has 25 heavy (non-hydrogen) atoms. The number of nitrogens with zero attached hydrogens (tertiary/aromatic N) is 2. The number of carbonyl (C=O) groups excluding carboxylic acids is 2. The Kier molecular flexibility index (Phi) is 4.88. The van der Waals surface area contributed by atoms with Gasteiger partial charge in [-0.2, -0.15) is 0 Å². The van der Waals surface area contributed by atoms with Crippen molar-refractivity contribution in [2.75, 3.05) is 22.9 Å². The number of carbonyl (C=O) groups is 2.